The van der Waals surface area contributed by atoms with Crippen LogP contribution in [0.15, 0.2) is 18.3 Å². The lowest BCUT2D eigenvalue weighted by atomic mass is 9.72. The Hall–Kier alpha value is -2.56. The van der Waals surface area contributed by atoms with E-state index >= 15 is 0 Å². The topological polar surface area (TPSA) is 78.0 Å². The third-order valence-corrected chi connectivity index (χ3v) is 6.87. The van der Waals surface area contributed by atoms with E-state index in [4.69, 9.17) is 4.74 Å². The Labute approximate surface area is 178 Å². The summed E-state index contributed by atoms with van der Waals surface area (Å²) in [5.74, 6) is 0. The quantitative estimate of drug-likeness (QED) is 0.761. The van der Waals surface area contributed by atoms with Crippen molar-refractivity contribution in [3.8, 4) is 0 Å². The summed E-state index contributed by atoms with van der Waals surface area (Å²) in [5.41, 5.74) is -0.376. The van der Waals surface area contributed by atoms with E-state index in [-0.39, 0.29) is 12.9 Å². The molecule has 1 N–H and O–H groups in total. The average molecular weight is 441 g/mol. The van der Waals surface area contributed by atoms with Crippen LogP contribution in [0.3, 0.4) is 0 Å². The number of cyclic esters (lactones) is 1. The van der Waals surface area contributed by atoms with Crippen LogP contribution in [0.4, 0.5) is 22.8 Å². The lowest BCUT2D eigenvalue weighted by Crippen LogP contribution is -2.73. The normalized spacial score (nSPS) is 24.5. The van der Waals surface area contributed by atoms with Crippen molar-refractivity contribution in [3.63, 3.8) is 0 Å². The minimum Gasteiger partial charge on any atom is -0.447 e. The predicted molar refractivity (Wildman–Crippen MR) is 104 cm³/mol. The summed E-state index contributed by atoms with van der Waals surface area (Å²) in [4.78, 5) is 33.2. The van der Waals surface area contributed by atoms with Crippen LogP contribution in [0, 0.1) is 5.41 Å². The molecule has 31 heavy (non-hydrogen) atoms. The highest BCUT2D eigenvalue weighted by Crippen LogP contribution is 2.42. The molecule has 4 aliphatic rings. The molecule has 4 aliphatic heterocycles. The van der Waals surface area contributed by atoms with Crippen LogP contribution < -0.4 is 5.32 Å². The van der Waals surface area contributed by atoms with Crippen LogP contribution in [0.2, 0.25) is 0 Å². The van der Waals surface area contributed by atoms with Gasteiger partial charge in [0.15, 0.2) is 0 Å². The van der Waals surface area contributed by atoms with Gasteiger partial charge in [0.1, 0.15) is 17.8 Å². The molecule has 3 amide bonds. The molecule has 4 fully saturated rings. The number of amides is 3. The van der Waals surface area contributed by atoms with Crippen LogP contribution in [0.1, 0.15) is 25.5 Å². The lowest BCUT2D eigenvalue weighted by Gasteiger charge is -2.56. The molecule has 0 unspecified atom stereocenters. The number of aromatic nitrogens is 1. The Balaban J connectivity index is 0.00000245. The van der Waals surface area contributed by atoms with Crippen LogP contribution in [0.25, 0.3) is 0 Å². The Morgan fingerprint density at radius 1 is 1.16 bits per heavy atom. The van der Waals surface area contributed by atoms with Crippen molar-refractivity contribution in [3.05, 3.63) is 29.6 Å². The molecule has 5 heterocycles. The molecule has 1 aromatic heterocycles. The largest absolute Gasteiger partial charge is 0.447 e. The summed E-state index contributed by atoms with van der Waals surface area (Å²) in [6.45, 7) is 5.00. The number of nitrogens with zero attached hydrogens (tertiary/aromatic N) is 4. The van der Waals surface area contributed by atoms with Gasteiger partial charge in [0, 0.05) is 32.7 Å². The molecule has 0 bridgehead atoms. The second kappa shape index (κ2) is 6.98. The first kappa shape index (κ1) is 20.3. The number of pyridine rings is 1. The molecule has 0 atom stereocenters. The number of piperidine rings is 1. The number of carbonyl (C=O) groups excluding carboxylic acids is 2. The molecule has 2 spiro atoms. The molecule has 4 saturated heterocycles. The average Bonchev–Trinajstić information content (AvgIpc) is 3.07. The van der Waals surface area contributed by atoms with Crippen LogP contribution >= 0.6 is 0 Å². The van der Waals surface area contributed by atoms with Crippen LogP contribution in [-0.4, -0.2) is 83.2 Å². The number of rotatable bonds is 2. The van der Waals surface area contributed by atoms with E-state index in [1.54, 1.807) is 4.90 Å². The molecule has 0 saturated carbocycles. The Morgan fingerprint density at radius 3 is 2.39 bits per heavy atom. The summed E-state index contributed by atoms with van der Waals surface area (Å²) in [7, 11) is 0. The fraction of sp³-hybridized carbons (Fsp3) is 0.650. The number of hydrogen-bond acceptors (Lipinski definition) is 5. The molecule has 11 heteroatoms. The lowest BCUT2D eigenvalue weighted by molar-refractivity contribution is -0.141. The van der Waals surface area contributed by atoms with Gasteiger partial charge in [-0.1, -0.05) is 6.07 Å². The smallest absolute Gasteiger partial charge is 0.433 e. The van der Waals surface area contributed by atoms with Gasteiger partial charge in [-0.25, -0.2) is 9.59 Å². The third-order valence-electron chi connectivity index (χ3n) is 6.87. The van der Waals surface area contributed by atoms with Crippen LogP contribution in [-0.2, 0) is 17.5 Å². The second-order valence-corrected chi connectivity index (χ2v) is 9.30. The summed E-state index contributed by atoms with van der Waals surface area (Å²) < 4.78 is 42.9. The van der Waals surface area contributed by atoms with Crippen molar-refractivity contribution >= 4 is 12.1 Å². The van der Waals surface area contributed by atoms with E-state index in [0.717, 1.165) is 50.7 Å². The minimum absolute atomic E-state index is 0. The van der Waals surface area contributed by atoms with Gasteiger partial charge in [-0.3, -0.25) is 9.88 Å². The van der Waals surface area contributed by atoms with Gasteiger partial charge in [0.25, 0.3) is 0 Å². The number of urea groups is 1. The second-order valence-electron chi connectivity index (χ2n) is 9.30. The highest BCUT2D eigenvalue weighted by atomic mass is 19.4. The van der Waals surface area contributed by atoms with Crippen molar-refractivity contribution in [1.29, 1.82) is 0 Å². The molecule has 0 aromatic carbocycles. The fourth-order valence-corrected chi connectivity index (χ4v) is 5.03. The maximum Gasteiger partial charge on any atom is 0.433 e. The number of halogens is 3. The SMILES string of the molecule is O=C1NC2(CO1)CN(C(=O)N1CC3(CCN(Cc4ccc(C(F)(F)F)nc4)CC3)C1)C2.[HH]. The molecule has 0 radical (unpaired) electrons. The molecule has 1 aromatic rings. The van der Waals surface area contributed by atoms with E-state index in [0.29, 0.717) is 26.2 Å². The zero-order valence-corrected chi connectivity index (χ0v) is 17.0. The van der Waals surface area contributed by atoms with Crippen molar-refractivity contribution in [2.45, 2.75) is 31.1 Å². The number of alkyl carbamates (subject to hydrolysis) is 1. The highest BCUT2D eigenvalue weighted by Gasteiger charge is 2.54. The number of ether oxygens (including phenoxy) is 1. The Kier molecular flexibility index (Phi) is 4.58. The van der Waals surface area contributed by atoms with Crippen molar-refractivity contribution in [2.75, 3.05) is 45.9 Å². The first-order valence-electron chi connectivity index (χ1n) is 10.4. The predicted octanol–water partition coefficient (Wildman–Crippen LogP) is 2.16. The third kappa shape index (κ3) is 3.79. The molecular formula is C20H26F3N5O3. The van der Waals surface area contributed by atoms with Gasteiger partial charge in [-0.15, -0.1) is 0 Å². The number of alkyl halides is 3. The summed E-state index contributed by atoms with van der Waals surface area (Å²) in [6.07, 6.45) is -1.63. The van der Waals surface area contributed by atoms with Gasteiger partial charge in [0.2, 0.25) is 0 Å². The Morgan fingerprint density at radius 2 is 1.84 bits per heavy atom. The number of likely N-dealkylation sites (tertiary alicyclic amines) is 3. The molecule has 5 rings (SSSR count). The number of nitrogens with one attached hydrogen (secondary N) is 1. The summed E-state index contributed by atoms with van der Waals surface area (Å²) in [5, 5.41) is 2.78. The monoisotopic (exact) mass is 441 g/mol. The van der Waals surface area contributed by atoms with E-state index in [1.807, 2.05) is 4.90 Å². The van der Waals surface area contributed by atoms with Crippen molar-refractivity contribution in [2.24, 2.45) is 5.41 Å². The van der Waals surface area contributed by atoms with Crippen molar-refractivity contribution in [1.82, 2.24) is 25.0 Å². The minimum atomic E-state index is -4.42. The first-order valence-corrected chi connectivity index (χ1v) is 10.4. The van der Waals surface area contributed by atoms with E-state index in [1.165, 1.54) is 12.3 Å². The zero-order chi connectivity index (χ0) is 21.9. The fourth-order valence-electron chi connectivity index (χ4n) is 5.03. The highest BCUT2D eigenvalue weighted by molar-refractivity contribution is 5.78. The summed E-state index contributed by atoms with van der Waals surface area (Å²) >= 11 is 0. The van der Waals surface area contributed by atoms with E-state index in [2.05, 4.69) is 15.2 Å². The van der Waals surface area contributed by atoms with E-state index < -0.39 is 23.5 Å². The number of carbonyl (C=O) groups is 2. The maximum atomic E-state index is 12.7. The molecule has 0 aliphatic carbocycles. The van der Waals surface area contributed by atoms with Gasteiger partial charge < -0.3 is 19.9 Å². The number of hydrogen-bond donors (Lipinski definition) is 1. The molecule has 170 valence electrons. The van der Waals surface area contributed by atoms with Gasteiger partial charge in [-0.05, 0) is 37.6 Å². The molecular weight excluding hydrogens is 415 g/mol. The first-order chi connectivity index (χ1) is 14.7. The summed E-state index contributed by atoms with van der Waals surface area (Å²) in [6, 6.07) is 2.52. The zero-order valence-electron chi connectivity index (χ0n) is 17.0. The van der Waals surface area contributed by atoms with Gasteiger partial charge >= 0.3 is 18.3 Å². The molecule has 8 nitrogen and oxygen atoms in total. The van der Waals surface area contributed by atoms with Gasteiger partial charge in [0.05, 0.1) is 13.1 Å². The maximum absolute atomic E-state index is 12.7. The standard InChI is InChI=1S/C20H24F3N5O3.H2/c21-20(22,23)15-2-1-14(7-24-15)8-26-5-3-18(4-6-26)9-27(10-18)17(30)28-11-19(12-28)13-31-16(29)25-19;/h1-2,7H,3-6,8-13H2,(H,25,29);1H. The van der Waals surface area contributed by atoms with Crippen LogP contribution in [0.5, 0.6) is 0 Å². The Bertz CT molecular complexity index is 875. The van der Waals surface area contributed by atoms with E-state index in [9.17, 15) is 22.8 Å². The van der Waals surface area contributed by atoms with Gasteiger partial charge in [-0.2, -0.15) is 13.2 Å². The van der Waals surface area contributed by atoms with Crippen molar-refractivity contribution < 1.29 is 28.9 Å².